The first kappa shape index (κ1) is 22.1. The fourth-order valence-corrected chi connectivity index (χ4v) is 3.17. The predicted octanol–water partition coefficient (Wildman–Crippen LogP) is 7.00. The number of rotatable bonds is 12. The van der Waals surface area contributed by atoms with Gasteiger partial charge in [0.05, 0.1) is 0 Å². The van der Waals surface area contributed by atoms with Crippen LogP contribution >= 0.6 is 23.2 Å². The van der Waals surface area contributed by atoms with E-state index in [9.17, 15) is 4.79 Å². The number of carbonyl (C=O) groups is 1. The van der Waals surface area contributed by atoms with E-state index in [0.717, 1.165) is 31.5 Å². The molecule has 0 fully saturated rings. The minimum atomic E-state index is 0.0685. The molecule has 140 valence electrons. The van der Waals surface area contributed by atoms with Crippen molar-refractivity contribution in [2.45, 2.75) is 65.2 Å². The molecule has 1 rings (SSSR count). The van der Waals surface area contributed by atoms with E-state index in [2.05, 4.69) is 13.8 Å². The van der Waals surface area contributed by atoms with E-state index < -0.39 is 0 Å². The fourth-order valence-electron chi connectivity index (χ4n) is 2.69. The Morgan fingerprint density at radius 1 is 0.960 bits per heavy atom. The number of hydrogen-bond donors (Lipinski definition) is 0. The summed E-state index contributed by atoms with van der Waals surface area (Å²) in [6.45, 7) is 6.08. The van der Waals surface area contributed by atoms with E-state index in [0.29, 0.717) is 10.0 Å². The number of benzene rings is 1. The Hall–Kier alpha value is -0.990. The summed E-state index contributed by atoms with van der Waals surface area (Å²) in [6.07, 6.45) is 12.8. The maximum Gasteiger partial charge on any atom is 0.246 e. The average molecular weight is 384 g/mol. The predicted molar refractivity (Wildman–Crippen MR) is 110 cm³/mol. The SMILES string of the molecule is CCCCCCN(CCCCCC)C(=O)/C=C/c1ccc(Cl)cc1Cl. The van der Waals surface area contributed by atoms with E-state index in [1.54, 1.807) is 24.3 Å². The zero-order valence-electron chi connectivity index (χ0n) is 15.6. The Morgan fingerprint density at radius 3 is 2.08 bits per heavy atom. The Labute approximate surface area is 163 Å². The highest BCUT2D eigenvalue weighted by Crippen LogP contribution is 2.22. The van der Waals surface area contributed by atoms with Crippen LogP contribution in [-0.4, -0.2) is 23.9 Å². The maximum absolute atomic E-state index is 12.6. The first-order chi connectivity index (χ1) is 12.1. The zero-order chi connectivity index (χ0) is 18.5. The third-order valence-electron chi connectivity index (χ3n) is 4.24. The number of halogens is 2. The van der Waals surface area contributed by atoms with Gasteiger partial charge in [-0.3, -0.25) is 4.79 Å². The summed E-state index contributed by atoms with van der Waals surface area (Å²) in [6, 6.07) is 5.31. The highest BCUT2D eigenvalue weighted by atomic mass is 35.5. The van der Waals surface area contributed by atoms with Crippen LogP contribution in [-0.2, 0) is 4.79 Å². The highest BCUT2D eigenvalue weighted by Gasteiger charge is 2.10. The number of amides is 1. The molecule has 0 aliphatic carbocycles. The molecule has 0 N–H and O–H groups in total. The number of unbranched alkanes of at least 4 members (excludes halogenated alkanes) is 6. The lowest BCUT2D eigenvalue weighted by Crippen LogP contribution is -2.31. The number of carbonyl (C=O) groups excluding carboxylic acids is 1. The molecule has 0 spiro atoms. The lowest BCUT2D eigenvalue weighted by atomic mass is 10.1. The van der Waals surface area contributed by atoms with E-state index in [4.69, 9.17) is 23.2 Å². The van der Waals surface area contributed by atoms with Gasteiger partial charge in [0.2, 0.25) is 5.91 Å². The van der Waals surface area contributed by atoms with Crippen molar-refractivity contribution in [3.8, 4) is 0 Å². The largest absolute Gasteiger partial charge is 0.339 e. The molecule has 0 aliphatic rings. The maximum atomic E-state index is 12.6. The summed E-state index contributed by atoms with van der Waals surface area (Å²) in [4.78, 5) is 14.6. The Kier molecular flexibility index (Phi) is 11.7. The van der Waals surface area contributed by atoms with Crippen molar-refractivity contribution in [2.24, 2.45) is 0 Å². The van der Waals surface area contributed by atoms with Gasteiger partial charge in [0.15, 0.2) is 0 Å². The first-order valence-corrected chi connectivity index (χ1v) is 10.3. The van der Waals surface area contributed by atoms with Gasteiger partial charge in [-0.1, -0.05) is 81.6 Å². The highest BCUT2D eigenvalue weighted by molar-refractivity contribution is 6.35. The molecule has 0 saturated carbocycles. The summed E-state index contributed by atoms with van der Waals surface area (Å²) in [5.74, 6) is 0.0685. The van der Waals surface area contributed by atoms with Gasteiger partial charge in [-0.2, -0.15) is 0 Å². The molecule has 25 heavy (non-hydrogen) atoms. The molecule has 1 amide bonds. The van der Waals surface area contributed by atoms with Crippen molar-refractivity contribution >= 4 is 35.2 Å². The van der Waals surface area contributed by atoms with Crippen molar-refractivity contribution in [3.63, 3.8) is 0 Å². The Balaban J connectivity index is 2.63. The summed E-state index contributed by atoms with van der Waals surface area (Å²) in [5, 5.41) is 1.16. The summed E-state index contributed by atoms with van der Waals surface area (Å²) in [5.41, 5.74) is 0.816. The molecule has 2 nitrogen and oxygen atoms in total. The smallest absolute Gasteiger partial charge is 0.246 e. The lowest BCUT2D eigenvalue weighted by molar-refractivity contribution is -0.126. The molecule has 1 aromatic rings. The van der Waals surface area contributed by atoms with Crippen LogP contribution in [0.1, 0.15) is 70.8 Å². The second-order valence-corrected chi connectivity index (χ2v) is 7.29. The fraction of sp³-hybridized carbons (Fsp3) is 0.571. The van der Waals surface area contributed by atoms with Gasteiger partial charge < -0.3 is 4.90 Å². The Morgan fingerprint density at radius 2 is 1.56 bits per heavy atom. The van der Waals surface area contributed by atoms with Crippen molar-refractivity contribution in [1.29, 1.82) is 0 Å². The van der Waals surface area contributed by atoms with Crippen LogP contribution in [0.2, 0.25) is 10.0 Å². The van der Waals surface area contributed by atoms with Gasteiger partial charge in [0, 0.05) is 29.2 Å². The number of hydrogen-bond acceptors (Lipinski definition) is 1. The monoisotopic (exact) mass is 383 g/mol. The molecule has 0 bridgehead atoms. The third kappa shape index (κ3) is 9.32. The van der Waals surface area contributed by atoms with Crippen LogP contribution < -0.4 is 0 Å². The summed E-state index contributed by atoms with van der Waals surface area (Å²) >= 11 is 12.1. The molecular formula is C21H31Cl2NO. The number of nitrogens with zero attached hydrogens (tertiary/aromatic N) is 1. The van der Waals surface area contributed by atoms with Crippen molar-refractivity contribution < 1.29 is 4.79 Å². The summed E-state index contributed by atoms with van der Waals surface area (Å²) in [7, 11) is 0. The van der Waals surface area contributed by atoms with Crippen LogP contribution in [0.15, 0.2) is 24.3 Å². The first-order valence-electron chi connectivity index (χ1n) is 9.50. The minimum Gasteiger partial charge on any atom is -0.339 e. The molecule has 0 aliphatic heterocycles. The molecule has 1 aromatic carbocycles. The van der Waals surface area contributed by atoms with E-state index >= 15 is 0 Å². The second kappa shape index (κ2) is 13.2. The topological polar surface area (TPSA) is 20.3 Å². The van der Waals surface area contributed by atoms with E-state index in [1.165, 1.54) is 38.5 Å². The molecule has 0 aromatic heterocycles. The molecule has 0 atom stereocenters. The van der Waals surface area contributed by atoms with Gasteiger partial charge in [-0.25, -0.2) is 0 Å². The molecule has 0 heterocycles. The van der Waals surface area contributed by atoms with Crippen LogP contribution in [0.4, 0.5) is 0 Å². The molecule has 0 saturated heterocycles. The summed E-state index contributed by atoms with van der Waals surface area (Å²) < 4.78 is 0. The zero-order valence-corrected chi connectivity index (χ0v) is 17.1. The van der Waals surface area contributed by atoms with Crippen LogP contribution in [0.25, 0.3) is 6.08 Å². The molecule has 0 unspecified atom stereocenters. The van der Waals surface area contributed by atoms with Crippen LogP contribution in [0, 0.1) is 0 Å². The van der Waals surface area contributed by atoms with Crippen molar-refractivity contribution in [2.75, 3.05) is 13.1 Å². The van der Waals surface area contributed by atoms with Gasteiger partial charge in [0.25, 0.3) is 0 Å². The quantitative estimate of drug-likeness (QED) is 0.281. The van der Waals surface area contributed by atoms with Crippen LogP contribution in [0.3, 0.4) is 0 Å². The van der Waals surface area contributed by atoms with Crippen LogP contribution in [0.5, 0.6) is 0 Å². The molecule has 0 radical (unpaired) electrons. The van der Waals surface area contributed by atoms with Gasteiger partial charge in [0.1, 0.15) is 0 Å². The Bertz CT molecular complexity index is 531. The van der Waals surface area contributed by atoms with Crippen molar-refractivity contribution in [3.05, 3.63) is 39.9 Å². The lowest BCUT2D eigenvalue weighted by Gasteiger charge is -2.21. The third-order valence-corrected chi connectivity index (χ3v) is 4.81. The normalized spacial score (nSPS) is 11.2. The minimum absolute atomic E-state index is 0.0685. The standard InChI is InChI=1S/C21H31Cl2NO/c1-3-5-7-9-15-24(16-10-8-6-4-2)21(25)14-12-18-11-13-19(22)17-20(18)23/h11-14,17H,3-10,15-16H2,1-2H3/b14-12+. The molecule has 4 heteroatoms. The second-order valence-electron chi connectivity index (χ2n) is 6.45. The van der Waals surface area contributed by atoms with E-state index in [-0.39, 0.29) is 5.91 Å². The van der Waals surface area contributed by atoms with E-state index in [1.807, 2.05) is 11.0 Å². The van der Waals surface area contributed by atoms with Gasteiger partial charge in [-0.15, -0.1) is 0 Å². The molecular weight excluding hydrogens is 353 g/mol. The van der Waals surface area contributed by atoms with Gasteiger partial charge >= 0.3 is 0 Å². The average Bonchev–Trinajstić information content (AvgIpc) is 2.59. The van der Waals surface area contributed by atoms with Gasteiger partial charge in [-0.05, 0) is 36.6 Å². The van der Waals surface area contributed by atoms with Crippen molar-refractivity contribution in [1.82, 2.24) is 4.90 Å².